The van der Waals surface area contributed by atoms with Gasteiger partial charge in [0, 0.05) is 47.3 Å². The second kappa shape index (κ2) is 5.22. The summed E-state index contributed by atoms with van der Waals surface area (Å²) in [5.41, 5.74) is 1.61. The summed E-state index contributed by atoms with van der Waals surface area (Å²) in [6.07, 6.45) is 3.17. The number of piperidine rings is 1. The fraction of sp³-hybridized carbons (Fsp3) is 0.429. The molecule has 2 unspecified atom stereocenters. The molecule has 1 fully saturated rings. The first-order chi connectivity index (χ1) is 9.66. The molecule has 1 saturated heterocycles. The second-order valence-corrected chi connectivity index (χ2v) is 5.28. The molecule has 6 nitrogen and oxygen atoms in total. The topological polar surface area (TPSA) is 91.2 Å². The minimum atomic E-state index is -0.599. The van der Waals surface area contributed by atoms with E-state index in [2.05, 4.69) is 10.3 Å². The number of nitrogens with zero attached hydrogens (tertiary/aromatic N) is 1. The van der Waals surface area contributed by atoms with Gasteiger partial charge < -0.3 is 15.4 Å². The summed E-state index contributed by atoms with van der Waals surface area (Å²) in [7, 11) is 0. The van der Waals surface area contributed by atoms with Crippen LogP contribution in [-0.4, -0.2) is 28.1 Å². The molecule has 2 heterocycles. The smallest absolute Gasteiger partial charge is 0.270 e. The molecule has 0 radical (unpaired) electrons. The first-order valence-electron chi connectivity index (χ1n) is 6.81. The first-order valence-corrected chi connectivity index (χ1v) is 6.81. The van der Waals surface area contributed by atoms with Crippen molar-refractivity contribution in [1.29, 1.82) is 0 Å². The van der Waals surface area contributed by atoms with Crippen LogP contribution >= 0.6 is 0 Å². The second-order valence-electron chi connectivity index (χ2n) is 5.28. The quantitative estimate of drug-likeness (QED) is 0.591. The van der Waals surface area contributed by atoms with Crippen LogP contribution in [0, 0.1) is 16.0 Å². The van der Waals surface area contributed by atoms with Gasteiger partial charge in [-0.15, -0.1) is 0 Å². The number of rotatable bonds is 3. The third kappa shape index (κ3) is 2.28. The van der Waals surface area contributed by atoms with Crippen LogP contribution in [0.15, 0.2) is 24.4 Å². The molecule has 3 N–H and O–H groups in total. The normalized spacial score (nSPS) is 20.9. The van der Waals surface area contributed by atoms with Crippen LogP contribution in [0.5, 0.6) is 0 Å². The molecule has 0 amide bonds. The number of H-pyrrole nitrogens is 1. The Kier molecular flexibility index (Phi) is 3.42. The van der Waals surface area contributed by atoms with E-state index >= 15 is 0 Å². The van der Waals surface area contributed by atoms with Crippen LogP contribution in [0.1, 0.15) is 24.5 Å². The minimum Gasteiger partial charge on any atom is -0.388 e. The van der Waals surface area contributed by atoms with Crippen LogP contribution in [0.4, 0.5) is 5.69 Å². The number of aliphatic hydroxyl groups is 1. The third-order valence-corrected chi connectivity index (χ3v) is 4.01. The molecular weight excluding hydrogens is 258 g/mol. The lowest BCUT2D eigenvalue weighted by atomic mass is 9.89. The van der Waals surface area contributed by atoms with E-state index in [1.54, 1.807) is 12.3 Å². The number of nitrogens with one attached hydrogen (secondary N) is 2. The Bertz CT molecular complexity index is 632. The number of hydrogen-bond donors (Lipinski definition) is 3. The van der Waals surface area contributed by atoms with E-state index in [0.717, 1.165) is 42.4 Å². The zero-order valence-corrected chi connectivity index (χ0v) is 11.0. The Morgan fingerprint density at radius 2 is 2.30 bits per heavy atom. The Labute approximate surface area is 116 Å². The van der Waals surface area contributed by atoms with E-state index in [0.29, 0.717) is 0 Å². The van der Waals surface area contributed by atoms with Crippen LogP contribution < -0.4 is 5.32 Å². The highest BCUT2D eigenvalue weighted by atomic mass is 16.6. The molecule has 1 aliphatic heterocycles. The highest BCUT2D eigenvalue weighted by Crippen LogP contribution is 2.33. The Morgan fingerprint density at radius 3 is 3.00 bits per heavy atom. The number of aromatic nitrogens is 1. The number of nitro benzene ring substituents is 1. The van der Waals surface area contributed by atoms with Gasteiger partial charge in [-0.1, -0.05) is 0 Å². The summed E-state index contributed by atoms with van der Waals surface area (Å²) in [5, 5.41) is 25.4. The lowest BCUT2D eigenvalue weighted by Gasteiger charge is -2.27. The van der Waals surface area contributed by atoms with Crippen LogP contribution in [0.2, 0.25) is 0 Å². The number of nitro groups is 1. The highest BCUT2D eigenvalue weighted by Gasteiger charge is 2.25. The Morgan fingerprint density at radius 1 is 1.45 bits per heavy atom. The van der Waals surface area contributed by atoms with Gasteiger partial charge in [0.1, 0.15) is 0 Å². The van der Waals surface area contributed by atoms with E-state index in [4.69, 9.17) is 0 Å². The Balaban J connectivity index is 1.97. The monoisotopic (exact) mass is 275 g/mol. The van der Waals surface area contributed by atoms with E-state index in [1.807, 2.05) is 0 Å². The number of benzene rings is 1. The maximum Gasteiger partial charge on any atom is 0.270 e. The van der Waals surface area contributed by atoms with Crippen molar-refractivity contribution in [3.05, 3.63) is 40.1 Å². The van der Waals surface area contributed by atoms with E-state index in [9.17, 15) is 15.2 Å². The largest absolute Gasteiger partial charge is 0.388 e. The summed E-state index contributed by atoms with van der Waals surface area (Å²) >= 11 is 0. The number of aromatic amines is 1. The molecule has 6 heteroatoms. The molecule has 106 valence electrons. The van der Waals surface area contributed by atoms with Crippen molar-refractivity contribution in [3.63, 3.8) is 0 Å². The summed E-state index contributed by atoms with van der Waals surface area (Å²) in [6.45, 7) is 1.77. The Hall–Kier alpha value is -1.92. The molecule has 2 atom stereocenters. The molecule has 0 bridgehead atoms. The van der Waals surface area contributed by atoms with Crippen LogP contribution in [-0.2, 0) is 0 Å². The molecule has 1 aromatic heterocycles. The summed E-state index contributed by atoms with van der Waals surface area (Å²) in [6, 6.07) is 4.68. The van der Waals surface area contributed by atoms with Crippen LogP contribution in [0.3, 0.4) is 0 Å². The average molecular weight is 275 g/mol. The number of non-ortho nitro benzene ring substituents is 1. The van der Waals surface area contributed by atoms with Crippen molar-refractivity contribution >= 4 is 16.6 Å². The zero-order valence-electron chi connectivity index (χ0n) is 11.0. The van der Waals surface area contributed by atoms with Gasteiger partial charge in [-0.2, -0.15) is 0 Å². The van der Waals surface area contributed by atoms with Gasteiger partial charge in [-0.25, -0.2) is 0 Å². The fourth-order valence-electron chi connectivity index (χ4n) is 2.89. The zero-order chi connectivity index (χ0) is 14.1. The maximum atomic E-state index is 10.9. The summed E-state index contributed by atoms with van der Waals surface area (Å²) in [5.74, 6) is 0.155. The molecule has 0 spiro atoms. The van der Waals surface area contributed by atoms with E-state index < -0.39 is 11.0 Å². The molecule has 0 saturated carbocycles. The molecule has 0 aliphatic carbocycles. The minimum absolute atomic E-state index is 0.0484. The first kappa shape index (κ1) is 13.1. The van der Waals surface area contributed by atoms with Crippen LogP contribution in [0.25, 0.3) is 10.9 Å². The van der Waals surface area contributed by atoms with Gasteiger partial charge in [0.05, 0.1) is 11.0 Å². The molecule has 20 heavy (non-hydrogen) atoms. The van der Waals surface area contributed by atoms with Gasteiger partial charge in [0.25, 0.3) is 5.69 Å². The van der Waals surface area contributed by atoms with Crippen molar-refractivity contribution in [2.75, 3.05) is 13.1 Å². The average Bonchev–Trinajstić information content (AvgIpc) is 2.90. The van der Waals surface area contributed by atoms with Crippen molar-refractivity contribution < 1.29 is 10.0 Å². The molecular formula is C14H17N3O3. The van der Waals surface area contributed by atoms with E-state index in [1.165, 1.54) is 12.1 Å². The van der Waals surface area contributed by atoms with Gasteiger partial charge in [-0.05, 0) is 25.5 Å². The fourth-order valence-corrected chi connectivity index (χ4v) is 2.89. The van der Waals surface area contributed by atoms with E-state index in [-0.39, 0.29) is 11.6 Å². The van der Waals surface area contributed by atoms with Gasteiger partial charge >= 0.3 is 0 Å². The number of aliphatic hydroxyl groups excluding tert-OH is 1. The molecule has 1 aliphatic rings. The van der Waals surface area contributed by atoms with Gasteiger partial charge in [-0.3, -0.25) is 10.1 Å². The summed E-state index contributed by atoms with van der Waals surface area (Å²) in [4.78, 5) is 13.5. The molecule has 3 rings (SSSR count). The standard InChI is InChI=1S/C14H17N3O3/c18-14(9-2-1-5-15-7-9)12-8-16-13-4-3-10(17(19)20)6-11(12)13/h3-4,6,8-9,14-16,18H,1-2,5,7H2. The van der Waals surface area contributed by atoms with Crippen molar-refractivity contribution in [2.24, 2.45) is 5.92 Å². The van der Waals surface area contributed by atoms with Crippen molar-refractivity contribution in [2.45, 2.75) is 18.9 Å². The molecule has 2 aromatic rings. The van der Waals surface area contributed by atoms with Gasteiger partial charge in [0.2, 0.25) is 0 Å². The predicted molar refractivity (Wildman–Crippen MR) is 75.5 cm³/mol. The molecule has 1 aromatic carbocycles. The third-order valence-electron chi connectivity index (χ3n) is 4.01. The number of hydrogen-bond acceptors (Lipinski definition) is 4. The SMILES string of the molecule is O=[N+]([O-])c1ccc2[nH]cc(C(O)C3CCCNC3)c2c1. The maximum absolute atomic E-state index is 10.9. The van der Waals surface area contributed by atoms with Crippen molar-refractivity contribution in [1.82, 2.24) is 10.3 Å². The highest BCUT2D eigenvalue weighted by molar-refractivity contribution is 5.85. The van der Waals surface area contributed by atoms with Crippen molar-refractivity contribution in [3.8, 4) is 0 Å². The van der Waals surface area contributed by atoms with Gasteiger partial charge in [0.15, 0.2) is 0 Å². The lowest BCUT2D eigenvalue weighted by molar-refractivity contribution is -0.384. The number of fused-ring (bicyclic) bond motifs is 1. The summed E-state index contributed by atoms with van der Waals surface area (Å²) < 4.78 is 0. The lowest BCUT2D eigenvalue weighted by Crippen LogP contribution is -2.33. The predicted octanol–water partition coefficient (Wildman–Crippen LogP) is 2.11.